The summed E-state index contributed by atoms with van der Waals surface area (Å²) in [6.45, 7) is 1.96. The topological polar surface area (TPSA) is 91.9 Å². The fraction of sp³-hybridized carbons (Fsp3) is 0.190. The number of rotatable bonds is 2. The molecule has 0 amide bonds. The van der Waals surface area contributed by atoms with Crippen molar-refractivity contribution in [2.24, 2.45) is 10.7 Å². The molecule has 0 fully saturated rings. The molecule has 2 aromatic carbocycles. The monoisotopic (exact) mass is 374 g/mol. The van der Waals surface area contributed by atoms with E-state index in [4.69, 9.17) is 24.9 Å². The summed E-state index contributed by atoms with van der Waals surface area (Å²) in [5.74, 6) is 2.14. The second-order valence-corrected chi connectivity index (χ2v) is 6.78. The standard InChI is InChI=1S/C21H18N4O3/c1-12-21(25-20(22)27-12)16-7-13(14-9-23-11-24-10-14)3-5-18(16)28-19-6-4-15(26-2)8-17(19)21/h3-12H,1-2H3,(H2,22,25)/t12-,21-/m1/s1. The lowest BCUT2D eigenvalue weighted by Crippen LogP contribution is -2.37. The summed E-state index contributed by atoms with van der Waals surface area (Å²) in [7, 11) is 1.63. The van der Waals surface area contributed by atoms with Gasteiger partial charge in [0, 0.05) is 29.1 Å². The molecule has 0 radical (unpaired) electrons. The second kappa shape index (κ2) is 5.95. The molecule has 2 aliphatic heterocycles. The molecule has 3 heterocycles. The number of amidine groups is 1. The summed E-state index contributed by atoms with van der Waals surface area (Å²) in [6.07, 6.45) is 4.73. The van der Waals surface area contributed by atoms with Crippen molar-refractivity contribution in [1.29, 1.82) is 0 Å². The number of fused-ring (bicyclic) bond motifs is 4. The van der Waals surface area contributed by atoms with E-state index in [1.54, 1.807) is 19.5 Å². The zero-order valence-corrected chi connectivity index (χ0v) is 15.4. The van der Waals surface area contributed by atoms with E-state index in [1.807, 2.05) is 43.3 Å². The van der Waals surface area contributed by atoms with Crippen molar-refractivity contribution in [2.45, 2.75) is 18.6 Å². The maximum atomic E-state index is 6.19. The fourth-order valence-electron chi connectivity index (χ4n) is 3.95. The van der Waals surface area contributed by atoms with Crippen LogP contribution in [0, 0.1) is 0 Å². The van der Waals surface area contributed by atoms with E-state index in [1.165, 1.54) is 6.33 Å². The Morgan fingerprint density at radius 3 is 2.39 bits per heavy atom. The van der Waals surface area contributed by atoms with Crippen LogP contribution in [0.3, 0.4) is 0 Å². The van der Waals surface area contributed by atoms with Crippen LogP contribution < -0.4 is 15.2 Å². The van der Waals surface area contributed by atoms with E-state index in [0.29, 0.717) is 17.2 Å². The molecular formula is C21H18N4O3. The Morgan fingerprint density at radius 1 is 1.00 bits per heavy atom. The quantitative estimate of drug-likeness (QED) is 0.740. The molecule has 1 spiro atoms. The van der Waals surface area contributed by atoms with Crippen molar-refractivity contribution >= 4 is 6.02 Å². The van der Waals surface area contributed by atoms with Gasteiger partial charge in [0.25, 0.3) is 6.02 Å². The van der Waals surface area contributed by atoms with Gasteiger partial charge in [0.15, 0.2) is 5.54 Å². The highest BCUT2D eigenvalue weighted by Crippen LogP contribution is 2.54. The predicted molar refractivity (Wildman–Crippen MR) is 103 cm³/mol. The van der Waals surface area contributed by atoms with E-state index in [0.717, 1.165) is 22.3 Å². The Bertz CT molecular complexity index is 1100. The average molecular weight is 374 g/mol. The molecule has 7 nitrogen and oxygen atoms in total. The van der Waals surface area contributed by atoms with E-state index in [9.17, 15) is 0 Å². The molecule has 2 aliphatic rings. The molecule has 0 saturated heterocycles. The third kappa shape index (κ3) is 2.26. The van der Waals surface area contributed by atoms with E-state index in [-0.39, 0.29) is 12.1 Å². The molecule has 5 rings (SSSR count). The van der Waals surface area contributed by atoms with Gasteiger partial charge in [-0.1, -0.05) is 6.07 Å². The first kappa shape index (κ1) is 16.6. The zero-order valence-electron chi connectivity index (χ0n) is 15.4. The number of hydrogen-bond donors (Lipinski definition) is 1. The summed E-state index contributed by atoms with van der Waals surface area (Å²) < 4.78 is 17.4. The average Bonchev–Trinajstić information content (AvgIpc) is 3.03. The summed E-state index contributed by atoms with van der Waals surface area (Å²) in [6, 6.07) is 11.8. The Labute approximate surface area is 161 Å². The van der Waals surface area contributed by atoms with Crippen LogP contribution in [0.4, 0.5) is 0 Å². The molecule has 140 valence electrons. The molecular weight excluding hydrogens is 356 g/mol. The number of benzene rings is 2. The van der Waals surface area contributed by atoms with Crippen LogP contribution in [0.1, 0.15) is 18.1 Å². The molecule has 28 heavy (non-hydrogen) atoms. The van der Waals surface area contributed by atoms with Crippen LogP contribution in [0.15, 0.2) is 60.1 Å². The first-order valence-electron chi connectivity index (χ1n) is 8.90. The summed E-state index contributed by atoms with van der Waals surface area (Å²) in [5.41, 5.74) is 8.77. The Kier molecular flexibility index (Phi) is 3.52. The third-order valence-electron chi connectivity index (χ3n) is 5.27. The van der Waals surface area contributed by atoms with E-state index < -0.39 is 5.54 Å². The number of aromatic nitrogens is 2. The van der Waals surface area contributed by atoms with Gasteiger partial charge >= 0.3 is 0 Å². The summed E-state index contributed by atoms with van der Waals surface area (Å²) in [5, 5.41) is 0. The highest BCUT2D eigenvalue weighted by Gasteiger charge is 2.52. The van der Waals surface area contributed by atoms with Gasteiger partial charge < -0.3 is 19.9 Å². The van der Waals surface area contributed by atoms with Gasteiger partial charge in [0.1, 0.15) is 29.7 Å². The van der Waals surface area contributed by atoms with Gasteiger partial charge in [-0.15, -0.1) is 0 Å². The first-order chi connectivity index (χ1) is 13.6. The van der Waals surface area contributed by atoms with Crippen LogP contribution in [0.2, 0.25) is 0 Å². The minimum absolute atomic E-state index is 0.155. The van der Waals surface area contributed by atoms with Crippen LogP contribution in [-0.2, 0) is 10.3 Å². The minimum Gasteiger partial charge on any atom is -0.497 e. The lowest BCUT2D eigenvalue weighted by molar-refractivity contribution is 0.166. The number of nitrogens with zero attached hydrogens (tertiary/aromatic N) is 3. The Hall–Kier alpha value is -3.61. The van der Waals surface area contributed by atoms with Gasteiger partial charge in [0.05, 0.1) is 7.11 Å². The molecule has 1 aromatic heterocycles. The highest BCUT2D eigenvalue weighted by molar-refractivity contribution is 5.78. The van der Waals surface area contributed by atoms with Crippen LogP contribution in [0.5, 0.6) is 17.2 Å². The summed E-state index contributed by atoms with van der Waals surface area (Å²) in [4.78, 5) is 13.0. The van der Waals surface area contributed by atoms with Crippen LogP contribution >= 0.6 is 0 Å². The SMILES string of the molecule is COc1ccc2c(c1)[C@]1(N=C(N)O[C@@H]1C)c1cc(-c3cncnc3)ccc1O2. The maximum absolute atomic E-state index is 6.19. The number of hydrogen-bond acceptors (Lipinski definition) is 7. The molecule has 3 aromatic rings. The normalized spacial score (nSPS) is 21.9. The van der Waals surface area contributed by atoms with E-state index >= 15 is 0 Å². The predicted octanol–water partition coefficient (Wildman–Crippen LogP) is 3.23. The second-order valence-electron chi connectivity index (χ2n) is 6.78. The third-order valence-corrected chi connectivity index (χ3v) is 5.27. The number of methoxy groups -OCH3 is 1. The lowest BCUT2D eigenvalue weighted by atomic mass is 9.76. The van der Waals surface area contributed by atoms with Gasteiger partial charge in [-0.3, -0.25) is 0 Å². The van der Waals surface area contributed by atoms with Gasteiger partial charge in [-0.25, -0.2) is 15.0 Å². The fourth-order valence-corrected chi connectivity index (χ4v) is 3.95. The van der Waals surface area contributed by atoms with Crippen molar-refractivity contribution in [1.82, 2.24) is 9.97 Å². The Morgan fingerprint density at radius 2 is 1.71 bits per heavy atom. The molecule has 0 saturated carbocycles. The van der Waals surface area contributed by atoms with Crippen molar-refractivity contribution in [3.05, 3.63) is 66.2 Å². The van der Waals surface area contributed by atoms with Gasteiger partial charge in [-0.2, -0.15) is 0 Å². The van der Waals surface area contributed by atoms with Crippen LogP contribution in [-0.4, -0.2) is 29.2 Å². The smallest absolute Gasteiger partial charge is 0.283 e. The Balaban J connectivity index is 1.78. The van der Waals surface area contributed by atoms with Crippen LogP contribution in [0.25, 0.3) is 11.1 Å². The first-order valence-corrected chi connectivity index (χ1v) is 8.90. The summed E-state index contributed by atoms with van der Waals surface area (Å²) >= 11 is 0. The van der Waals surface area contributed by atoms with Crippen molar-refractivity contribution in [3.63, 3.8) is 0 Å². The van der Waals surface area contributed by atoms with Crippen molar-refractivity contribution in [3.8, 4) is 28.4 Å². The number of aliphatic imine (C=N–C) groups is 1. The number of nitrogens with two attached hydrogens (primary N) is 1. The minimum atomic E-state index is -0.826. The van der Waals surface area contributed by atoms with E-state index in [2.05, 4.69) is 9.97 Å². The number of ether oxygens (including phenoxy) is 3. The highest BCUT2D eigenvalue weighted by atomic mass is 16.5. The van der Waals surface area contributed by atoms with Gasteiger partial charge in [-0.05, 0) is 42.8 Å². The molecule has 2 atom stereocenters. The maximum Gasteiger partial charge on any atom is 0.283 e. The molecule has 0 aliphatic carbocycles. The largest absolute Gasteiger partial charge is 0.497 e. The molecule has 7 heteroatoms. The lowest BCUT2D eigenvalue weighted by Gasteiger charge is -2.37. The molecule has 0 unspecified atom stereocenters. The molecule has 2 N–H and O–H groups in total. The van der Waals surface area contributed by atoms with Gasteiger partial charge in [0.2, 0.25) is 0 Å². The van der Waals surface area contributed by atoms with Crippen molar-refractivity contribution in [2.75, 3.05) is 7.11 Å². The van der Waals surface area contributed by atoms with Crippen molar-refractivity contribution < 1.29 is 14.2 Å². The molecule has 0 bridgehead atoms. The zero-order chi connectivity index (χ0) is 19.3.